The summed E-state index contributed by atoms with van der Waals surface area (Å²) in [5.74, 6) is 0.687. The third kappa shape index (κ3) is 5.14. The van der Waals surface area contributed by atoms with Gasteiger partial charge in [-0.25, -0.2) is 4.98 Å². The third-order valence-electron chi connectivity index (χ3n) is 2.33. The molecule has 0 radical (unpaired) electrons. The van der Waals surface area contributed by atoms with E-state index < -0.39 is 4.92 Å². The quantitative estimate of drug-likeness (QED) is 0.581. The van der Waals surface area contributed by atoms with Crippen LogP contribution in [0.1, 0.15) is 33.5 Å². The molecular formula is C13H22N4O4. The Morgan fingerprint density at radius 1 is 1.29 bits per heavy atom. The number of hydrogen-bond donors (Lipinski definition) is 1. The molecule has 0 aromatic carbocycles. The van der Waals surface area contributed by atoms with Crippen molar-refractivity contribution in [2.45, 2.75) is 40.3 Å². The fourth-order valence-corrected chi connectivity index (χ4v) is 1.56. The lowest BCUT2D eigenvalue weighted by molar-refractivity contribution is -0.385. The zero-order valence-electron chi connectivity index (χ0n) is 13.0. The topological polar surface area (TPSA) is 99.4 Å². The van der Waals surface area contributed by atoms with Crippen molar-refractivity contribution in [3.8, 4) is 5.88 Å². The van der Waals surface area contributed by atoms with Gasteiger partial charge in [-0.1, -0.05) is 13.8 Å². The molecule has 8 nitrogen and oxygen atoms in total. The maximum atomic E-state index is 11.3. The van der Waals surface area contributed by atoms with Crippen LogP contribution in [0.5, 0.6) is 5.88 Å². The number of methoxy groups -OCH3 is 1. The van der Waals surface area contributed by atoms with E-state index >= 15 is 0 Å². The number of nitro groups is 1. The third-order valence-corrected chi connectivity index (χ3v) is 2.33. The SMILES string of the molecule is COCc1nc(NC(C)C)c([N+](=O)[O-])c(OCC(C)C)n1. The first-order chi connectivity index (χ1) is 9.85. The van der Waals surface area contributed by atoms with Crippen LogP contribution in [0.4, 0.5) is 11.5 Å². The van der Waals surface area contributed by atoms with Crippen molar-refractivity contribution in [1.29, 1.82) is 0 Å². The fourth-order valence-electron chi connectivity index (χ4n) is 1.56. The zero-order valence-corrected chi connectivity index (χ0v) is 13.0. The number of hydrogen-bond acceptors (Lipinski definition) is 7. The molecule has 1 aromatic rings. The lowest BCUT2D eigenvalue weighted by Gasteiger charge is -2.14. The van der Waals surface area contributed by atoms with Crippen LogP contribution >= 0.6 is 0 Å². The van der Waals surface area contributed by atoms with Gasteiger partial charge in [0.25, 0.3) is 5.88 Å². The van der Waals surface area contributed by atoms with Crippen LogP contribution in [0.25, 0.3) is 0 Å². The van der Waals surface area contributed by atoms with Crippen molar-refractivity contribution >= 4 is 11.5 Å². The molecule has 118 valence electrons. The molecule has 0 amide bonds. The van der Waals surface area contributed by atoms with Gasteiger partial charge in [-0.2, -0.15) is 4.98 Å². The van der Waals surface area contributed by atoms with Crippen LogP contribution in [-0.4, -0.2) is 34.6 Å². The van der Waals surface area contributed by atoms with E-state index in [2.05, 4.69) is 15.3 Å². The predicted octanol–water partition coefficient (Wildman–Crippen LogP) is 2.39. The van der Waals surface area contributed by atoms with Gasteiger partial charge in [0.2, 0.25) is 5.82 Å². The highest BCUT2D eigenvalue weighted by atomic mass is 16.6. The normalized spacial score (nSPS) is 11.0. The Labute approximate surface area is 124 Å². The van der Waals surface area contributed by atoms with Gasteiger partial charge in [-0.3, -0.25) is 10.1 Å². The van der Waals surface area contributed by atoms with E-state index in [4.69, 9.17) is 9.47 Å². The highest BCUT2D eigenvalue weighted by molar-refractivity contribution is 5.62. The molecule has 21 heavy (non-hydrogen) atoms. The molecule has 0 atom stereocenters. The molecule has 0 aliphatic carbocycles. The number of anilines is 1. The van der Waals surface area contributed by atoms with Gasteiger partial charge in [-0.05, 0) is 19.8 Å². The zero-order chi connectivity index (χ0) is 16.0. The van der Waals surface area contributed by atoms with Gasteiger partial charge in [0.05, 0.1) is 11.5 Å². The minimum absolute atomic E-state index is 0.00746. The first-order valence-corrected chi connectivity index (χ1v) is 6.78. The number of ether oxygens (including phenoxy) is 2. The smallest absolute Gasteiger partial charge is 0.372 e. The molecule has 0 fully saturated rings. The standard InChI is InChI=1S/C13H22N4O4/c1-8(2)6-21-13-11(17(18)19)12(14-9(3)4)15-10(16-13)7-20-5/h8-9H,6-7H2,1-5H3,(H,14,15,16). The average Bonchev–Trinajstić information content (AvgIpc) is 2.35. The molecule has 0 aliphatic heterocycles. The second-order valence-electron chi connectivity index (χ2n) is 5.34. The summed E-state index contributed by atoms with van der Waals surface area (Å²) in [6.07, 6.45) is 0. The van der Waals surface area contributed by atoms with Crippen LogP contribution < -0.4 is 10.1 Å². The molecule has 0 spiro atoms. The molecule has 0 aliphatic rings. The van der Waals surface area contributed by atoms with Gasteiger partial charge in [-0.15, -0.1) is 0 Å². The summed E-state index contributed by atoms with van der Waals surface area (Å²) in [4.78, 5) is 19.0. The molecule has 0 bridgehead atoms. The van der Waals surface area contributed by atoms with Gasteiger partial charge >= 0.3 is 5.69 Å². The largest absolute Gasteiger partial charge is 0.472 e. The summed E-state index contributed by atoms with van der Waals surface area (Å²) >= 11 is 0. The van der Waals surface area contributed by atoms with Gasteiger partial charge in [0, 0.05) is 13.2 Å². The van der Waals surface area contributed by atoms with E-state index in [0.717, 1.165) is 0 Å². The van der Waals surface area contributed by atoms with E-state index in [1.807, 2.05) is 27.7 Å². The number of nitrogens with one attached hydrogen (secondary N) is 1. The van der Waals surface area contributed by atoms with E-state index in [0.29, 0.717) is 12.4 Å². The molecule has 1 heterocycles. The Morgan fingerprint density at radius 2 is 1.95 bits per heavy atom. The van der Waals surface area contributed by atoms with E-state index in [-0.39, 0.29) is 36.0 Å². The lowest BCUT2D eigenvalue weighted by Crippen LogP contribution is -2.16. The average molecular weight is 298 g/mol. The first kappa shape index (κ1) is 17.1. The highest BCUT2D eigenvalue weighted by Crippen LogP contribution is 2.32. The molecule has 0 unspecified atom stereocenters. The van der Waals surface area contributed by atoms with Gasteiger partial charge in [0.15, 0.2) is 5.82 Å². The van der Waals surface area contributed by atoms with Crippen molar-refractivity contribution < 1.29 is 14.4 Å². The molecule has 1 aromatic heterocycles. The second-order valence-corrected chi connectivity index (χ2v) is 5.34. The maximum Gasteiger partial charge on any atom is 0.372 e. The Balaban J connectivity index is 3.27. The Hall–Kier alpha value is -1.96. The molecule has 0 saturated carbocycles. The first-order valence-electron chi connectivity index (χ1n) is 6.78. The summed E-state index contributed by atoms with van der Waals surface area (Å²) in [6, 6.07) is -0.00746. The maximum absolute atomic E-state index is 11.3. The van der Waals surface area contributed by atoms with Crippen LogP contribution in [-0.2, 0) is 11.3 Å². The second kappa shape index (κ2) is 7.72. The van der Waals surface area contributed by atoms with Crippen molar-refractivity contribution in [3.05, 3.63) is 15.9 Å². The van der Waals surface area contributed by atoms with E-state index in [9.17, 15) is 10.1 Å². The molecule has 1 rings (SSSR count). The van der Waals surface area contributed by atoms with Crippen molar-refractivity contribution in [2.75, 3.05) is 19.0 Å². The Kier molecular flexibility index (Phi) is 6.29. The number of nitrogens with zero attached hydrogens (tertiary/aromatic N) is 3. The molecule has 0 saturated heterocycles. The Morgan fingerprint density at radius 3 is 2.43 bits per heavy atom. The monoisotopic (exact) mass is 298 g/mol. The van der Waals surface area contributed by atoms with E-state index in [1.54, 1.807) is 0 Å². The van der Waals surface area contributed by atoms with Crippen LogP contribution in [0.2, 0.25) is 0 Å². The van der Waals surface area contributed by atoms with Gasteiger partial charge in [0.1, 0.15) is 6.61 Å². The number of aromatic nitrogens is 2. The minimum atomic E-state index is -0.531. The minimum Gasteiger partial charge on any atom is -0.472 e. The number of rotatable bonds is 8. The summed E-state index contributed by atoms with van der Waals surface area (Å²) in [5.41, 5.74) is -0.246. The van der Waals surface area contributed by atoms with Crippen molar-refractivity contribution in [1.82, 2.24) is 9.97 Å². The predicted molar refractivity (Wildman–Crippen MR) is 78.5 cm³/mol. The van der Waals surface area contributed by atoms with Crippen molar-refractivity contribution in [3.63, 3.8) is 0 Å². The van der Waals surface area contributed by atoms with Crippen molar-refractivity contribution in [2.24, 2.45) is 5.92 Å². The van der Waals surface area contributed by atoms with E-state index in [1.165, 1.54) is 7.11 Å². The molecule has 1 N–H and O–H groups in total. The summed E-state index contributed by atoms with van der Waals surface area (Å²) in [6.45, 7) is 8.15. The van der Waals surface area contributed by atoms with Crippen LogP contribution in [0, 0.1) is 16.0 Å². The Bertz CT molecular complexity index is 491. The van der Waals surface area contributed by atoms with Crippen LogP contribution in [0.3, 0.4) is 0 Å². The summed E-state index contributed by atoms with van der Waals surface area (Å²) in [5, 5.41) is 14.3. The molecule has 8 heteroatoms. The summed E-state index contributed by atoms with van der Waals surface area (Å²) < 4.78 is 10.5. The fraction of sp³-hybridized carbons (Fsp3) is 0.692. The van der Waals surface area contributed by atoms with Gasteiger partial charge < -0.3 is 14.8 Å². The van der Waals surface area contributed by atoms with Crippen LogP contribution in [0.15, 0.2) is 0 Å². The highest BCUT2D eigenvalue weighted by Gasteiger charge is 2.27. The lowest BCUT2D eigenvalue weighted by atomic mass is 10.2. The molecular weight excluding hydrogens is 276 g/mol. The summed E-state index contributed by atoms with van der Waals surface area (Å²) in [7, 11) is 1.51.